The van der Waals surface area contributed by atoms with Gasteiger partial charge in [0.15, 0.2) is 23.6 Å². The predicted octanol–water partition coefficient (Wildman–Crippen LogP) is 4.29. The van der Waals surface area contributed by atoms with Crippen LogP contribution in [0.4, 0.5) is 0 Å². The lowest BCUT2D eigenvalue weighted by atomic mass is 9.44. The smallest absolute Gasteiger partial charge is 0.338 e. The molecule has 0 aromatic heterocycles. The predicted molar refractivity (Wildman–Crippen MR) is 227 cm³/mol. The van der Waals surface area contributed by atoms with Crippen LogP contribution in [0.25, 0.3) is 0 Å². The average Bonchev–Trinajstić information content (AvgIpc) is 3.27. The standard InChI is InChI=1S/C49H53NO14/c1-7-17-35(53)62-39-36-27(2)32(61-45(58)38(54)37(29-18-11-8-12-19-29)50-43(56)30-20-13-9-14-21-30)25-49(59,46(36,4)5)42(63-44(57)31-22-15-10-16-23-31)40-47(6,41(39)55)33(52)24-34-48(40,26-60-34)64-28(3)51/h7-23,32-34,37-40,42,52,54,59H,24-26H2,1-6H3,(H,50,56)/b17-7+/t32-,33-,34+,37-,38+,39+,40-,42-,47+,48-,49+/m0/s1. The highest BCUT2D eigenvalue weighted by Crippen LogP contribution is 2.64. The fourth-order valence-corrected chi connectivity index (χ4v) is 10.3. The van der Waals surface area contributed by atoms with E-state index in [1.54, 1.807) is 99.6 Å². The number of benzene rings is 3. The number of rotatable bonds is 11. The third kappa shape index (κ3) is 7.73. The summed E-state index contributed by atoms with van der Waals surface area (Å²) in [5.41, 5.74) is -7.15. The zero-order valence-corrected chi connectivity index (χ0v) is 36.4. The van der Waals surface area contributed by atoms with Crippen LogP contribution in [0.3, 0.4) is 0 Å². The summed E-state index contributed by atoms with van der Waals surface area (Å²) in [5.74, 6) is -6.95. The Morgan fingerprint density at radius 2 is 1.47 bits per heavy atom. The number of aliphatic hydroxyl groups excluding tert-OH is 2. The Hall–Kier alpha value is -6.00. The van der Waals surface area contributed by atoms with Crippen LogP contribution in [-0.2, 0) is 42.9 Å². The summed E-state index contributed by atoms with van der Waals surface area (Å²) in [5, 5.41) is 40.5. The molecule has 0 spiro atoms. The number of ether oxygens (including phenoxy) is 5. The van der Waals surface area contributed by atoms with Crippen molar-refractivity contribution in [1.82, 2.24) is 5.32 Å². The molecule has 2 bridgehead atoms. The Kier molecular flexibility index (Phi) is 12.6. The SMILES string of the molecule is C/C=C/C(=O)O[C@H]1C(=O)[C@@]2(C)[C@H]([C@H](OC(=O)c3ccccc3)[C@]3(O)C[C@H](OC(=O)[C@H](O)[C@@H](NC(=O)c4ccccc4)c4ccccc4)C(C)=C1C3(C)C)[C@]1(OC(C)=O)CO[C@@H]1C[C@@H]2O. The minimum atomic E-state index is -2.41. The molecule has 7 rings (SSSR count). The van der Waals surface area contributed by atoms with Gasteiger partial charge in [0.1, 0.15) is 23.9 Å². The first-order chi connectivity index (χ1) is 30.3. The number of hydrogen-bond donors (Lipinski definition) is 4. The highest BCUT2D eigenvalue weighted by Gasteiger charge is 2.78. The van der Waals surface area contributed by atoms with Gasteiger partial charge in [0, 0.05) is 36.8 Å². The number of hydrogen-bond acceptors (Lipinski definition) is 14. The maximum atomic E-state index is 15.7. The molecule has 3 aromatic rings. The molecule has 4 N–H and O–H groups in total. The summed E-state index contributed by atoms with van der Waals surface area (Å²) in [6.45, 7) is 8.44. The summed E-state index contributed by atoms with van der Waals surface area (Å²) < 4.78 is 30.5. The van der Waals surface area contributed by atoms with E-state index < -0.39 is 113 Å². The second kappa shape index (κ2) is 17.5. The quantitative estimate of drug-likeness (QED) is 0.0914. The Morgan fingerprint density at radius 1 is 0.875 bits per heavy atom. The van der Waals surface area contributed by atoms with Gasteiger partial charge in [-0.1, -0.05) is 86.7 Å². The number of Topliss-reactive ketones (excluding diaryl/α,β-unsaturated/α-hetero) is 1. The van der Waals surface area contributed by atoms with Crippen molar-refractivity contribution in [2.75, 3.05) is 6.61 Å². The molecule has 3 aromatic carbocycles. The molecule has 0 radical (unpaired) electrons. The highest BCUT2D eigenvalue weighted by molar-refractivity contribution is 5.97. The lowest BCUT2D eigenvalue weighted by Gasteiger charge is -2.67. The zero-order valence-electron chi connectivity index (χ0n) is 36.4. The van der Waals surface area contributed by atoms with E-state index in [4.69, 9.17) is 23.7 Å². The second-order valence-corrected chi connectivity index (χ2v) is 17.7. The van der Waals surface area contributed by atoms with Gasteiger partial charge in [-0.25, -0.2) is 14.4 Å². The van der Waals surface area contributed by atoms with Gasteiger partial charge in [-0.15, -0.1) is 0 Å². The monoisotopic (exact) mass is 879 g/mol. The van der Waals surface area contributed by atoms with Gasteiger partial charge in [-0.2, -0.15) is 0 Å². The van der Waals surface area contributed by atoms with Gasteiger partial charge in [0.2, 0.25) is 0 Å². The number of ketones is 1. The molecular weight excluding hydrogens is 827 g/mol. The van der Waals surface area contributed by atoms with Crippen LogP contribution in [0, 0.1) is 16.7 Å². The van der Waals surface area contributed by atoms with Crippen molar-refractivity contribution in [3.05, 3.63) is 131 Å². The van der Waals surface area contributed by atoms with E-state index in [9.17, 15) is 39.3 Å². The zero-order chi connectivity index (χ0) is 46.4. The summed E-state index contributed by atoms with van der Waals surface area (Å²) in [7, 11) is 0. The van der Waals surface area contributed by atoms with E-state index in [-0.39, 0.29) is 35.3 Å². The second-order valence-electron chi connectivity index (χ2n) is 17.7. The van der Waals surface area contributed by atoms with Gasteiger partial charge in [-0.3, -0.25) is 14.4 Å². The summed E-state index contributed by atoms with van der Waals surface area (Å²) >= 11 is 0. The normalized spacial score (nSPS) is 31.4. The van der Waals surface area contributed by atoms with Crippen molar-refractivity contribution in [2.24, 2.45) is 16.7 Å². The van der Waals surface area contributed by atoms with Crippen molar-refractivity contribution in [3.8, 4) is 0 Å². The molecule has 4 aliphatic rings. The van der Waals surface area contributed by atoms with Crippen LogP contribution in [0.1, 0.15) is 86.7 Å². The van der Waals surface area contributed by atoms with E-state index in [0.29, 0.717) is 5.56 Å². The molecule has 1 heterocycles. The minimum absolute atomic E-state index is 0.0189. The van der Waals surface area contributed by atoms with Crippen molar-refractivity contribution < 1.29 is 67.8 Å². The van der Waals surface area contributed by atoms with Crippen molar-refractivity contribution in [1.29, 1.82) is 0 Å². The molecular formula is C49H53NO14. The Balaban J connectivity index is 1.40. The van der Waals surface area contributed by atoms with Crippen molar-refractivity contribution in [2.45, 2.75) is 108 Å². The average molecular weight is 880 g/mol. The van der Waals surface area contributed by atoms with E-state index in [0.717, 1.165) is 13.0 Å². The van der Waals surface area contributed by atoms with Gasteiger partial charge in [0.25, 0.3) is 5.91 Å². The third-order valence-corrected chi connectivity index (χ3v) is 13.7. The van der Waals surface area contributed by atoms with E-state index in [2.05, 4.69) is 5.32 Å². The summed E-state index contributed by atoms with van der Waals surface area (Å²) in [6, 6.07) is 22.9. The first kappa shape index (κ1) is 46.0. The molecule has 11 atom stereocenters. The Morgan fingerprint density at radius 3 is 2.03 bits per heavy atom. The molecule has 338 valence electrons. The van der Waals surface area contributed by atoms with Crippen LogP contribution >= 0.6 is 0 Å². The van der Waals surface area contributed by atoms with E-state index in [1.807, 2.05) is 0 Å². The van der Waals surface area contributed by atoms with E-state index in [1.165, 1.54) is 32.1 Å². The van der Waals surface area contributed by atoms with Crippen LogP contribution in [0.5, 0.6) is 0 Å². The van der Waals surface area contributed by atoms with Crippen molar-refractivity contribution in [3.63, 3.8) is 0 Å². The molecule has 15 nitrogen and oxygen atoms in total. The number of carbonyl (C=O) groups excluding carboxylic acids is 6. The molecule has 3 fully saturated rings. The molecule has 0 unspecified atom stereocenters. The summed E-state index contributed by atoms with van der Waals surface area (Å²) in [6.07, 6.45) is -8.17. The van der Waals surface area contributed by atoms with Crippen LogP contribution in [0.2, 0.25) is 0 Å². The van der Waals surface area contributed by atoms with Gasteiger partial charge in [-0.05, 0) is 61.7 Å². The number of nitrogens with one attached hydrogen (secondary N) is 1. The first-order valence-corrected chi connectivity index (χ1v) is 21.2. The van der Waals surface area contributed by atoms with Gasteiger partial charge < -0.3 is 44.3 Å². The number of aliphatic hydroxyl groups is 3. The fourth-order valence-electron chi connectivity index (χ4n) is 10.3. The molecule has 1 amide bonds. The minimum Gasteiger partial charge on any atom is -0.456 e. The lowest BCUT2D eigenvalue weighted by Crippen LogP contribution is -2.82. The fraction of sp³-hybridized carbons (Fsp3) is 0.429. The van der Waals surface area contributed by atoms with Gasteiger partial charge >= 0.3 is 23.9 Å². The number of carbonyl (C=O) groups is 6. The number of allylic oxidation sites excluding steroid dienone is 1. The lowest BCUT2D eigenvalue weighted by molar-refractivity contribution is -0.346. The molecule has 1 saturated heterocycles. The number of esters is 4. The molecule has 15 heteroatoms. The van der Waals surface area contributed by atoms with Crippen LogP contribution < -0.4 is 5.32 Å². The number of amides is 1. The van der Waals surface area contributed by atoms with Crippen molar-refractivity contribution >= 4 is 35.6 Å². The van der Waals surface area contributed by atoms with Gasteiger partial charge in [0.05, 0.1) is 35.6 Å². The maximum Gasteiger partial charge on any atom is 0.338 e. The Labute approximate surface area is 370 Å². The summed E-state index contributed by atoms with van der Waals surface area (Å²) in [4.78, 5) is 84.4. The molecule has 3 aliphatic carbocycles. The Bertz CT molecular complexity index is 2370. The first-order valence-electron chi connectivity index (χ1n) is 21.2. The topological polar surface area (TPSA) is 221 Å². The maximum absolute atomic E-state index is 15.7. The molecule has 1 aliphatic heterocycles. The van der Waals surface area contributed by atoms with Crippen LogP contribution in [-0.4, -0.2) is 105 Å². The molecule has 64 heavy (non-hydrogen) atoms. The van der Waals surface area contributed by atoms with E-state index >= 15 is 4.79 Å². The largest absolute Gasteiger partial charge is 0.456 e. The molecule has 2 saturated carbocycles. The number of fused-ring (bicyclic) bond motifs is 5. The highest BCUT2D eigenvalue weighted by atomic mass is 16.6. The van der Waals surface area contributed by atoms with Crippen LogP contribution in [0.15, 0.2) is 114 Å². The third-order valence-electron chi connectivity index (χ3n) is 13.7.